The van der Waals surface area contributed by atoms with Gasteiger partial charge in [0.25, 0.3) is 0 Å². The van der Waals surface area contributed by atoms with Crippen molar-refractivity contribution in [3.63, 3.8) is 0 Å². The Bertz CT molecular complexity index is 955. The minimum absolute atomic E-state index is 0. The summed E-state index contributed by atoms with van der Waals surface area (Å²) >= 11 is 0. The summed E-state index contributed by atoms with van der Waals surface area (Å²) in [6.07, 6.45) is 9.92. The van der Waals surface area contributed by atoms with Crippen molar-refractivity contribution in [3.8, 4) is 0 Å². The Morgan fingerprint density at radius 1 is 0.844 bits per heavy atom. The van der Waals surface area contributed by atoms with Gasteiger partial charge in [-0.2, -0.15) is 0 Å². The molecule has 0 spiro atoms. The molecule has 32 heavy (non-hydrogen) atoms. The van der Waals surface area contributed by atoms with Crippen LogP contribution >= 0.6 is 12.4 Å². The van der Waals surface area contributed by atoms with Crippen LogP contribution in [-0.2, 0) is 12.8 Å². The molecule has 2 heterocycles. The van der Waals surface area contributed by atoms with E-state index in [4.69, 9.17) is 0 Å². The molecule has 0 saturated carbocycles. The number of ketones is 1. The lowest BCUT2D eigenvalue weighted by molar-refractivity contribution is 0.103. The number of hydrogen-bond acceptors (Lipinski definition) is 2. The quantitative estimate of drug-likeness (QED) is 0.205. The van der Waals surface area contributed by atoms with Gasteiger partial charge in [0.15, 0.2) is 0 Å². The number of fused-ring (bicyclic) bond motifs is 1. The lowest BCUT2D eigenvalue weighted by Crippen LogP contribution is -2.26. The van der Waals surface area contributed by atoms with Gasteiger partial charge in [-0.25, -0.2) is 0 Å². The van der Waals surface area contributed by atoms with E-state index in [0.29, 0.717) is 0 Å². The van der Waals surface area contributed by atoms with Gasteiger partial charge in [-0.15, -0.1) is 12.4 Å². The van der Waals surface area contributed by atoms with Crippen LogP contribution in [-0.4, -0.2) is 34.7 Å². The van der Waals surface area contributed by atoms with Gasteiger partial charge in [0.2, 0.25) is 5.78 Å². The number of benzene rings is 1. The van der Waals surface area contributed by atoms with Crippen LogP contribution in [0.3, 0.4) is 0 Å². The van der Waals surface area contributed by atoms with E-state index in [2.05, 4.69) is 49.9 Å². The molecule has 0 fully saturated rings. The van der Waals surface area contributed by atoms with Crippen molar-refractivity contribution in [3.05, 3.63) is 77.1 Å². The summed E-state index contributed by atoms with van der Waals surface area (Å²) in [6.45, 7) is 10.3. The average Bonchev–Trinajstić information content (AvgIpc) is 3.15. The standard InChI is InChI=1S/C28H38N2O.ClH/c1-4-11-25-22-26-13-8-10-21-30(26)27(25)28(31)24-16-14-23(15-17-24)12-7-9-20-29(18-5-2)19-6-3;/h8,10,13-17,21-22H,4-7,9,11-12,18-20H2,1-3H3;1H. The lowest BCUT2D eigenvalue weighted by atomic mass is 10.00. The van der Waals surface area contributed by atoms with Crippen molar-refractivity contribution in [1.29, 1.82) is 0 Å². The third-order valence-electron chi connectivity index (χ3n) is 5.98. The van der Waals surface area contributed by atoms with Crippen molar-refractivity contribution in [1.82, 2.24) is 9.30 Å². The molecule has 0 atom stereocenters. The Hall–Kier alpha value is -2.10. The molecule has 0 N–H and O–H groups in total. The molecule has 0 unspecified atom stereocenters. The van der Waals surface area contributed by atoms with E-state index in [1.807, 2.05) is 34.9 Å². The second-order valence-corrected chi connectivity index (χ2v) is 8.59. The highest BCUT2D eigenvalue weighted by atomic mass is 35.5. The van der Waals surface area contributed by atoms with Crippen molar-refractivity contribution in [2.24, 2.45) is 0 Å². The first-order valence-electron chi connectivity index (χ1n) is 12.1. The molecule has 3 rings (SSSR count). The van der Waals surface area contributed by atoms with Crippen LogP contribution in [0.25, 0.3) is 5.52 Å². The monoisotopic (exact) mass is 454 g/mol. The summed E-state index contributed by atoms with van der Waals surface area (Å²) in [5.74, 6) is 0.121. The molecule has 0 amide bonds. The fraction of sp³-hybridized carbons (Fsp3) is 0.464. The van der Waals surface area contributed by atoms with Gasteiger partial charge >= 0.3 is 0 Å². The molecule has 3 aromatic rings. The summed E-state index contributed by atoms with van der Waals surface area (Å²) in [4.78, 5) is 15.9. The zero-order valence-electron chi connectivity index (χ0n) is 20.0. The maximum absolute atomic E-state index is 13.4. The van der Waals surface area contributed by atoms with Crippen LogP contribution in [0.5, 0.6) is 0 Å². The van der Waals surface area contributed by atoms with Crippen LogP contribution in [0.15, 0.2) is 54.7 Å². The molecule has 4 heteroatoms. The van der Waals surface area contributed by atoms with Crippen molar-refractivity contribution in [2.45, 2.75) is 65.7 Å². The van der Waals surface area contributed by atoms with Gasteiger partial charge in [-0.05, 0) is 87.5 Å². The predicted molar refractivity (Wildman–Crippen MR) is 138 cm³/mol. The Balaban J connectivity index is 0.00000363. The average molecular weight is 455 g/mol. The van der Waals surface area contributed by atoms with Gasteiger partial charge in [0.1, 0.15) is 0 Å². The lowest BCUT2D eigenvalue weighted by Gasteiger charge is -2.20. The zero-order chi connectivity index (χ0) is 22.1. The minimum atomic E-state index is 0. The summed E-state index contributed by atoms with van der Waals surface area (Å²) < 4.78 is 2.04. The summed E-state index contributed by atoms with van der Waals surface area (Å²) in [6, 6.07) is 16.5. The number of carbonyl (C=O) groups is 1. The smallest absolute Gasteiger partial charge is 0.210 e. The first-order chi connectivity index (χ1) is 15.2. The zero-order valence-corrected chi connectivity index (χ0v) is 20.8. The molecule has 1 aromatic carbocycles. The van der Waals surface area contributed by atoms with Crippen LogP contribution in [0.4, 0.5) is 0 Å². The van der Waals surface area contributed by atoms with Crippen molar-refractivity contribution >= 4 is 23.7 Å². The topological polar surface area (TPSA) is 24.7 Å². The molecule has 0 aliphatic heterocycles. The largest absolute Gasteiger partial charge is 0.313 e. The van der Waals surface area contributed by atoms with Crippen molar-refractivity contribution < 1.29 is 4.79 Å². The number of carbonyl (C=O) groups excluding carboxylic acids is 1. The molecule has 0 saturated heterocycles. The Labute approximate surface area is 200 Å². The third kappa shape index (κ3) is 6.70. The molecule has 0 aliphatic rings. The van der Waals surface area contributed by atoms with Gasteiger partial charge in [0, 0.05) is 17.3 Å². The number of halogens is 1. The molecule has 2 aromatic heterocycles. The van der Waals surface area contributed by atoms with E-state index < -0.39 is 0 Å². The van der Waals surface area contributed by atoms with Crippen molar-refractivity contribution in [2.75, 3.05) is 19.6 Å². The number of rotatable bonds is 13. The Morgan fingerprint density at radius 3 is 2.22 bits per heavy atom. The first kappa shape index (κ1) is 26.2. The van der Waals surface area contributed by atoms with Crippen LogP contribution < -0.4 is 0 Å². The minimum Gasteiger partial charge on any atom is -0.313 e. The maximum Gasteiger partial charge on any atom is 0.210 e. The number of nitrogens with zero attached hydrogens (tertiary/aromatic N) is 2. The second-order valence-electron chi connectivity index (χ2n) is 8.59. The summed E-state index contributed by atoms with van der Waals surface area (Å²) in [5.41, 5.74) is 5.15. The SMILES string of the molecule is CCCc1cc2ccccn2c1C(=O)c1ccc(CCCCN(CCC)CCC)cc1.Cl. The van der Waals surface area contributed by atoms with E-state index in [1.165, 1.54) is 50.9 Å². The van der Waals surface area contributed by atoms with Crippen LogP contribution in [0.2, 0.25) is 0 Å². The van der Waals surface area contributed by atoms with Crippen LogP contribution in [0.1, 0.15) is 80.1 Å². The van der Waals surface area contributed by atoms with Gasteiger partial charge in [0.05, 0.1) is 5.69 Å². The Kier molecular flexibility index (Phi) is 11.0. The molecule has 0 radical (unpaired) electrons. The maximum atomic E-state index is 13.4. The number of pyridine rings is 1. The van der Waals surface area contributed by atoms with E-state index in [0.717, 1.165) is 41.6 Å². The highest BCUT2D eigenvalue weighted by Gasteiger charge is 2.18. The van der Waals surface area contributed by atoms with Crippen LogP contribution in [0, 0.1) is 0 Å². The number of hydrogen-bond donors (Lipinski definition) is 0. The first-order valence-corrected chi connectivity index (χ1v) is 12.1. The van der Waals surface area contributed by atoms with E-state index in [-0.39, 0.29) is 18.2 Å². The molecular weight excluding hydrogens is 416 g/mol. The number of aryl methyl sites for hydroxylation is 2. The third-order valence-corrected chi connectivity index (χ3v) is 5.98. The molecule has 0 aliphatic carbocycles. The molecule has 3 nitrogen and oxygen atoms in total. The van der Waals surface area contributed by atoms with E-state index >= 15 is 0 Å². The number of unbranched alkanes of at least 4 members (excludes halogenated alkanes) is 1. The second kappa shape index (κ2) is 13.4. The fourth-order valence-corrected chi connectivity index (χ4v) is 4.49. The molecule has 0 bridgehead atoms. The fourth-order valence-electron chi connectivity index (χ4n) is 4.49. The highest BCUT2D eigenvalue weighted by Crippen LogP contribution is 2.22. The molecule has 174 valence electrons. The Morgan fingerprint density at radius 2 is 1.56 bits per heavy atom. The summed E-state index contributed by atoms with van der Waals surface area (Å²) in [5, 5.41) is 0. The van der Waals surface area contributed by atoms with Gasteiger partial charge in [-0.1, -0.05) is 57.5 Å². The summed E-state index contributed by atoms with van der Waals surface area (Å²) in [7, 11) is 0. The predicted octanol–water partition coefficient (Wildman–Crippen LogP) is 6.99. The normalized spacial score (nSPS) is 11.1. The number of aromatic nitrogens is 1. The highest BCUT2D eigenvalue weighted by molar-refractivity contribution is 6.09. The molecular formula is C28H39ClN2O. The van der Waals surface area contributed by atoms with Gasteiger partial charge < -0.3 is 9.30 Å². The van der Waals surface area contributed by atoms with E-state index in [1.54, 1.807) is 0 Å². The van der Waals surface area contributed by atoms with E-state index in [9.17, 15) is 4.79 Å². The van der Waals surface area contributed by atoms with Gasteiger partial charge in [-0.3, -0.25) is 4.79 Å².